The zero-order valence-electron chi connectivity index (χ0n) is 13.0. The fourth-order valence-corrected chi connectivity index (χ4v) is 2.84. The number of benzene rings is 1. The zero-order chi connectivity index (χ0) is 17.5. The molecule has 1 fully saturated rings. The predicted octanol–water partition coefficient (Wildman–Crippen LogP) is 1.52. The minimum atomic E-state index is -1.04. The SMILES string of the molecule is CC1(C(=O)ON2C(=O)c3ccccc3C2=O)CCN(C(=O)O)CC1. The second-order valence-electron chi connectivity index (χ2n) is 6.16. The number of amides is 3. The third-order valence-corrected chi connectivity index (χ3v) is 4.56. The van der Waals surface area contributed by atoms with Crippen LogP contribution in [0.2, 0.25) is 0 Å². The Morgan fingerprint density at radius 2 is 1.58 bits per heavy atom. The number of nitrogens with zero attached hydrogens (tertiary/aromatic N) is 2. The van der Waals surface area contributed by atoms with E-state index in [9.17, 15) is 19.2 Å². The van der Waals surface area contributed by atoms with Gasteiger partial charge in [0.15, 0.2) is 0 Å². The summed E-state index contributed by atoms with van der Waals surface area (Å²) in [6.07, 6.45) is -0.506. The average molecular weight is 332 g/mol. The van der Waals surface area contributed by atoms with Crippen molar-refractivity contribution in [3.8, 4) is 0 Å². The smallest absolute Gasteiger partial charge is 0.407 e. The Labute approximate surface area is 137 Å². The number of hydroxylamine groups is 2. The molecule has 8 heteroatoms. The van der Waals surface area contributed by atoms with Gasteiger partial charge in [-0.1, -0.05) is 17.2 Å². The highest BCUT2D eigenvalue weighted by molar-refractivity contribution is 6.20. The van der Waals surface area contributed by atoms with E-state index in [1.165, 1.54) is 17.0 Å². The Morgan fingerprint density at radius 3 is 2.04 bits per heavy atom. The van der Waals surface area contributed by atoms with Crippen molar-refractivity contribution in [1.29, 1.82) is 0 Å². The van der Waals surface area contributed by atoms with Gasteiger partial charge >= 0.3 is 12.1 Å². The molecule has 24 heavy (non-hydrogen) atoms. The summed E-state index contributed by atoms with van der Waals surface area (Å²) in [4.78, 5) is 54.1. The van der Waals surface area contributed by atoms with Crippen molar-refractivity contribution in [2.45, 2.75) is 19.8 Å². The second kappa shape index (κ2) is 5.63. The topological polar surface area (TPSA) is 104 Å². The number of piperidine rings is 1. The van der Waals surface area contributed by atoms with Crippen LogP contribution in [0.1, 0.15) is 40.5 Å². The van der Waals surface area contributed by atoms with Crippen LogP contribution >= 0.6 is 0 Å². The molecule has 2 heterocycles. The summed E-state index contributed by atoms with van der Waals surface area (Å²) < 4.78 is 0. The molecule has 3 amide bonds. The lowest BCUT2D eigenvalue weighted by Gasteiger charge is -2.36. The maximum Gasteiger partial charge on any atom is 0.407 e. The number of hydrogen-bond donors (Lipinski definition) is 1. The van der Waals surface area contributed by atoms with Gasteiger partial charge < -0.3 is 14.8 Å². The molecule has 3 rings (SSSR count). The quantitative estimate of drug-likeness (QED) is 0.824. The highest BCUT2D eigenvalue weighted by atomic mass is 16.7. The van der Waals surface area contributed by atoms with E-state index in [1.54, 1.807) is 19.1 Å². The predicted molar refractivity (Wildman–Crippen MR) is 80.0 cm³/mol. The number of imide groups is 1. The van der Waals surface area contributed by atoms with Crippen molar-refractivity contribution >= 4 is 23.9 Å². The molecule has 8 nitrogen and oxygen atoms in total. The highest BCUT2D eigenvalue weighted by Gasteiger charge is 2.44. The maximum atomic E-state index is 12.5. The van der Waals surface area contributed by atoms with Crippen LogP contribution in [0.5, 0.6) is 0 Å². The first-order valence-corrected chi connectivity index (χ1v) is 7.51. The molecule has 126 valence electrons. The number of carboxylic acid groups (broad SMARTS) is 1. The molecular weight excluding hydrogens is 316 g/mol. The molecule has 0 radical (unpaired) electrons. The van der Waals surface area contributed by atoms with E-state index in [1.807, 2.05) is 0 Å². The molecule has 0 bridgehead atoms. The van der Waals surface area contributed by atoms with E-state index in [4.69, 9.17) is 9.94 Å². The molecule has 2 aliphatic rings. The second-order valence-corrected chi connectivity index (χ2v) is 6.16. The lowest BCUT2D eigenvalue weighted by atomic mass is 9.80. The molecule has 0 saturated carbocycles. The van der Waals surface area contributed by atoms with Crippen molar-refractivity contribution in [2.75, 3.05) is 13.1 Å². The summed E-state index contributed by atoms with van der Waals surface area (Å²) in [5, 5.41) is 9.45. The van der Waals surface area contributed by atoms with Gasteiger partial charge in [0.05, 0.1) is 16.5 Å². The van der Waals surface area contributed by atoms with Gasteiger partial charge in [-0.05, 0) is 31.9 Å². The zero-order valence-corrected chi connectivity index (χ0v) is 13.0. The molecule has 1 N–H and O–H groups in total. The van der Waals surface area contributed by atoms with E-state index in [0.29, 0.717) is 5.06 Å². The van der Waals surface area contributed by atoms with E-state index in [0.717, 1.165) is 0 Å². The number of hydrogen-bond acceptors (Lipinski definition) is 5. The van der Waals surface area contributed by atoms with Crippen LogP contribution in [0.4, 0.5) is 4.79 Å². The summed E-state index contributed by atoms with van der Waals surface area (Å²) in [5.41, 5.74) is -0.552. The minimum Gasteiger partial charge on any atom is -0.465 e. The largest absolute Gasteiger partial charge is 0.465 e. The number of carbonyl (C=O) groups is 4. The van der Waals surface area contributed by atoms with E-state index < -0.39 is 29.3 Å². The molecule has 0 unspecified atom stereocenters. The highest BCUT2D eigenvalue weighted by Crippen LogP contribution is 2.34. The lowest BCUT2D eigenvalue weighted by Crippen LogP contribution is -2.47. The van der Waals surface area contributed by atoms with Crippen molar-refractivity contribution in [2.24, 2.45) is 5.41 Å². The van der Waals surface area contributed by atoms with Crippen LogP contribution in [-0.4, -0.2) is 52.0 Å². The molecular formula is C16H16N2O6. The van der Waals surface area contributed by atoms with Gasteiger partial charge in [-0.25, -0.2) is 9.59 Å². The summed E-state index contributed by atoms with van der Waals surface area (Å²) >= 11 is 0. The summed E-state index contributed by atoms with van der Waals surface area (Å²) in [6, 6.07) is 6.24. The van der Waals surface area contributed by atoms with Gasteiger partial charge in [-0.3, -0.25) is 9.59 Å². The number of likely N-dealkylation sites (tertiary alicyclic amines) is 1. The number of rotatable bonds is 2. The standard InChI is InChI=1S/C16H16N2O6/c1-16(6-8-17(9-7-16)15(22)23)14(21)24-18-12(19)10-4-2-3-5-11(10)13(18)20/h2-5H,6-9H2,1H3,(H,22,23). The summed E-state index contributed by atoms with van der Waals surface area (Å²) in [7, 11) is 0. The Bertz CT molecular complexity index is 701. The maximum absolute atomic E-state index is 12.5. The van der Waals surface area contributed by atoms with Gasteiger partial charge in [0.2, 0.25) is 0 Å². The van der Waals surface area contributed by atoms with Crippen LogP contribution in [-0.2, 0) is 9.63 Å². The number of fused-ring (bicyclic) bond motifs is 1. The first-order chi connectivity index (χ1) is 11.3. The number of carbonyl (C=O) groups excluding carboxylic acids is 3. The van der Waals surface area contributed by atoms with Gasteiger partial charge in [0, 0.05) is 13.1 Å². The molecule has 1 aromatic rings. The van der Waals surface area contributed by atoms with Crippen molar-refractivity contribution < 1.29 is 29.1 Å². The summed E-state index contributed by atoms with van der Waals surface area (Å²) in [5.74, 6) is -2.05. The monoisotopic (exact) mass is 332 g/mol. The van der Waals surface area contributed by atoms with Gasteiger partial charge in [0.1, 0.15) is 0 Å². The lowest BCUT2D eigenvalue weighted by molar-refractivity contribution is -0.182. The Hall–Kier alpha value is -2.90. The van der Waals surface area contributed by atoms with E-state index in [2.05, 4.69) is 0 Å². The van der Waals surface area contributed by atoms with Crippen LogP contribution in [0.25, 0.3) is 0 Å². The van der Waals surface area contributed by atoms with Crippen LogP contribution in [0.15, 0.2) is 24.3 Å². The van der Waals surface area contributed by atoms with Crippen molar-refractivity contribution in [1.82, 2.24) is 9.96 Å². The molecule has 1 saturated heterocycles. The molecule has 0 aliphatic carbocycles. The first kappa shape index (κ1) is 16.0. The van der Waals surface area contributed by atoms with Crippen LogP contribution in [0.3, 0.4) is 0 Å². The third-order valence-electron chi connectivity index (χ3n) is 4.56. The van der Waals surface area contributed by atoms with E-state index >= 15 is 0 Å². The van der Waals surface area contributed by atoms with Crippen LogP contribution < -0.4 is 0 Å². The van der Waals surface area contributed by atoms with Crippen molar-refractivity contribution in [3.63, 3.8) is 0 Å². The molecule has 0 spiro atoms. The Morgan fingerprint density at radius 1 is 1.08 bits per heavy atom. The Kier molecular flexibility index (Phi) is 3.75. The van der Waals surface area contributed by atoms with Gasteiger partial charge in [-0.2, -0.15) is 0 Å². The molecule has 0 aromatic heterocycles. The van der Waals surface area contributed by atoms with Crippen molar-refractivity contribution in [3.05, 3.63) is 35.4 Å². The van der Waals surface area contributed by atoms with E-state index in [-0.39, 0.29) is 37.1 Å². The van der Waals surface area contributed by atoms with Gasteiger partial charge in [-0.15, -0.1) is 0 Å². The first-order valence-electron chi connectivity index (χ1n) is 7.51. The van der Waals surface area contributed by atoms with Gasteiger partial charge in [0.25, 0.3) is 11.8 Å². The minimum absolute atomic E-state index is 0.196. The normalized spacial score (nSPS) is 19.2. The third kappa shape index (κ3) is 2.49. The molecule has 1 aromatic carbocycles. The Balaban J connectivity index is 1.71. The molecule has 2 aliphatic heterocycles. The van der Waals surface area contributed by atoms with Crippen LogP contribution in [0, 0.1) is 5.41 Å². The fourth-order valence-electron chi connectivity index (χ4n) is 2.84. The summed E-state index contributed by atoms with van der Waals surface area (Å²) in [6.45, 7) is 2.04. The fraction of sp³-hybridized carbons (Fsp3) is 0.375. The average Bonchev–Trinajstić information content (AvgIpc) is 2.80. The molecule has 0 atom stereocenters.